The van der Waals surface area contributed by atoms with Gasteiger partial charge in [-0.1, -0.05) is 34.6 Å². The van der Waals surface area contributed by atoms with E-state index in [0.717, 1.165) is 25.7 Å². The Kier molecular flexibility index (Phi) is 10.5. The summed E-state index contributed by atoms with van der Waals surface area (Å²) < 4.78 is 0.194. The van der Waals surface area contributed by atoms with E-state index in [1.807, 2.05) is 13.8 Å². The molecule has 17 heavy (non-hydrogen) atoms. The third kappa shape index (κ3) is 11.7. The zero-order valence-electron chi connectivity index (χ0n) is 12.0. The first-order chi connectivity index (χ1) is 7.75. The normalized spacial score (nSPS) is 18.5. The monoisotopic (exact) mass is 261 g/mol. The van der Waals surface area contributed by atoms with Crippen molar-refractivity contribution >= 4 is 24.8 Å². The number of aldehydes is 1. The quantitative estimate of drug-likeness (QED) is 0.582. The molecule has 0 saturated carbocycles. The van der Waals surface area contributed by atoms with Crippen LogP contribution in [-0.2, 0) is 9.59 Å². The van der Waals surface area contributed by atoms with Gasteiger partial charge in [0.1, 0.15) is 6.29 Å². The summed E-state index contributed by atoms with van der Waals surface area (Å²) in [5.74, 6) is 0.00889. The maximum atomic E-state index is 10.8. The number of hydrogen-bond acceptors (Lipinski definition) is 3. The first kappa shape index (κ1) is 18.8. The summed E-state index contributed by atoms with van der Waals surface area (Å²) in [6.07, 6.45) is 2.65. The molecule has 0 N–H and O–H groups in total. The third-order valence-electron chi connectivity index (χ3n) is 1.86. The highest BCUT2D eigenvalue weighted by Gasteiger charge is 2.25. The molecule has 0 aromatic carbocycles. The summed E-state index contributed by atoms with van der Waals surface area (Å²) in [4.78, 5) is 22.7. The van der Waals surface area contributed by atoms with Crippen molar-refractivity contribution in [3.05, 3.63) is 0 Å². The first-order valence-electron chi connectivity index (χ1n) is 6.20. The van der Waals surface area contributed by atoms with Gasteiger partial charge in [-0.05, 0) is 12.8 Å². The van der Waals surface area contributed by atoms with Crippen LogP contribution in [0.3, 0.4) is 0 Å². The fraction of sp³-hybridized carbons (Fsp3) is 0.846. The lowest BCUT2D eigenvalue weighted by atomic mass is 10.2. The van der Waals surface area contributed by atoms with Gasteiger partial charge in [0.2, 0.25) is 5.91 Å². The van der Waals surface area contributed by atoms with Crippen molar-refractivity contribution in [2.75, 3.05) is 6.54 Å². The summed E-state index contributed by atoms with van der Waals surface area (Å²) >= 11 is 4.12. The molecule has 3 nitrogen and oxygen atoms in total. The van der Waals surface area contributed by atoms with Crippen molar-refractivity contribution in [2.45, 2.75) is 65.2 Å². The van der Waals surface area contributed by atoms with Gasteiger partial charge in [-0.25, -0.2) is 0 Å². The molecule has 1 atom stereocenters. The molecule has 0 radical (unpaired) electrons. The topological polar surface area (TPSA) is 37.4 Å². The number of nitrogens with zero attached hydrogens (tertiary/aromatic N) is 1. The van der Waals surface area contributed by atoms with Crippen LogP contribution in [0, 0.1) is 0 Å². The number of carbonyl (C=O) groups excluding carboxylic acids is 2. The van der Waals surface area contributed by atoms with E-state index in [-0.39, 0.29) is 16.7 Å². The zero-order chi connectivity index (χ0) is 14.1. The smallest absolute Gasteiger partial charge is 0.220 e. The lowest BCUT2D eigenvalue weighted by Gasteiger charge is -2.17. The predicted octanol–water partition coefficient (Wildman–Crippen LogP) is 2.94. The van der Waals surface area contributed by atoms with Crippen LogP contribution in [0.5, 0.6) is 0 Å². The Hall–Kier alpha value is -0.510. The van der Waals surface area contributed by atoms with E-state index in [1.54, 1.807) is 4.90 Å². The van der Waals surface area contributed by atoms with Gasteiger partial charge in [0.05, 0.1) is 6.04 Å². The molecule has 1 unspecified atom stereocenters. The van der Waals surface area contributed by atoms with Crippen LogP contribution in [-0.4, -0.2) is 34.4 Å². The second kappa shape index (κ2) is 9.51. The van der Waals surface area contributed by atoms with E-state index in [9.17, 15) is 9.59 Å². The van der Waals surface area contributed by atoms with Crippen LogP contribution < -0.4 is 0 Å². The minimum absolute atomic E-state index is 0.00889. The molecule has 4 heteroatoms. The Balaban J connectivity index is 0. The van der Waals surface area contributed by atoms with Crippen molar-refractivity contribution in [3.8, 4) is 0 Å². The molecule has 102 valence electrons. The average Bonchev–Trinajstić information content (AvgIpc) is 2.66. The zero-order valence-corrected chi connectivity index (χ0v) is 12.9. The van der Waals surface area contributed by atoms with Gasteiger partial charge in [-0.15, -0.1) is 0 Å². The molecule has 1 saturated heterocycles. The molecule has 0 spiro atoms. The van der Waals surface area contributed by atoms with Gasteiger partial charge >= 0.3 is 0 Å². The highest BCUT2D eigenvalue weighted by Crippen LogP contribution is 2.14. The second-order valence-corrected chi connectivity index (χ2v) is 6.07. The van der Waals surface area contributed by atoms with Crippen molar-refractivity contribution in [1.29, 1.82) is 0 Å². The number of thiol groups is 1. The second-order valence-electron chi connectivity index (χ2n) is 4.73. The number of hydrogen-bond donors (Lipinski definition) is 1. The largest absolute Gasteiger partial charge is 0.333 e. The van der Waals surface area contributed by atoms with Crippen molar-refractivity contribution in [1.82, 2.24) is 4.90 Å². The van der Waals surface area contributed by atoms with Crippen molar-refractivity contribution < 1.29 is 9.59 Å². The number of amides is 1. The summed E-state index contributed by atoms with van der Waals surface area (Å²) in [6.45, 7) is 12.4. The summed E-state index contributed by atoms with van der Waals surface area (Å²) in [7, 11) is 0. The molecular formula is C13H27NO2S. The van der Waals surface area contributed by atoms with Crippen LogP contribution >= 0.6 is 12.6 Å². The maximum absolute atomic E-state index is 10.8. The average molecular weight is 261 g/mol. The van der Waals surface area contributed by atoms with E-state index in [0.29, 0.717) is 0 Å². The SMILES string of the molecule is CC.CC(=O)N1CCCC1C=O.CC(C)(C)S. The Morgan fingerprint density at radius 3 is 2.00 bits per heavy atom. The Morgan fingerprint density at radius 2 is 1.76 bits per heavy atom. The standard InChI is InChI=1S/C7H11NO2.C4H10S.C2H6/c1-6(10)8-4-2-3-7(8)5-9;1-4(2,3)5;1-2/h5,7H,2-4H2,1H3;5H,1-3H3;1-2H3. The number of likely N-dealkylation sites (tertiary alicyclic amines) is 1. The lowest BCUT2D eigenvalue weighted by Crippen LogP contribution is -2.34. The predicted molar refractivity (Wildman–Crippen MR) is 76.6 cm³/mol. The van der Waals surface area contributed by atoms with E-state index in [4.69, 9.17) is 0 Å². The Morgan fingerprint density at radius 1 is 1.35 bits per heavy atom. The number of carbonyl (C=O) groups is 2. The van der Waals surface area contributed by atoms with Gasteiger partial charge in [-0.2, -0.15) is 12.6 Å². The molecule has 0 aromatic heterocycles. The van der Waals surface area contributed by atoms with E-state index < -0.39 is 0 Å². The molecule has 1 amide bonds. The number of rotatable bonds is 1. The minimum atomic E-state index is -0.141. The Labute approximate surface area is 111 Å². The molecule has 1 rings (SSSR count). The van der Waals surface area contributed by atoms with Gasteiger partial charge < -0.3 is 9.69 Å². The summed E-state index contributed by atoms with van der Waals surface area (Å²) in [5, 5.41) is 0. The maximum Gasteiger partial charge on any atom is 0.220 e. The molecule has 1 fully saturated rings. The molecule has 0 aromatic rings. The van der Waals surface area contributed by atoms with Crippen LogP contribution in [0.4, 0.5) is 0 Å². The van der Waals surface area contributed by atoms with Crippen molar-refractivity contribution in [3.63, 3.8) is 0 Å². The van der Waals surface area contributed by atoms with Crippen LogP contribution in [0.25, 0.3) is 0 Å². The lowest BCUT2D eigenvalue weighted by molar-refractivity contribution is -0.132. The third-order valence-corrected chi connectivity index (χ3v) is 1.86. The van der Waals surface area contributed by atoms with Crippen LogP contribution in [0.15, 0.2) is 0 Å². The van der Waals surface area contributed by atoms with Crippen LogP contribution in [0.2, 0.25) is 0 Å². The summed E-state index contributed by atoms with van der Waals surface area (Å²) in [6, 6.07) is -0.141. The van der Waals surface area contributed by atoms with Crippen LogP contribution in [0.1, 0.15) is 54.4 Å². The first-order valence-corrected chi connectivity index (χ1v) is 6.65. The minimum Gasteiger partial charge on any atom is -0.333 e. The van der Waals surface area contributed by atoms with Gasteiger partial charge in [0.25, 0.3) is 0 Å². The molecule has 0 aliphatic carbocycles. The molecule has 1 aliphatic rings. The van der Waals surface area contributed by atoms with Crippen molar-refractivity contribution in [2.24, 2.45) is 0 Å². The highest BCUT2D eigenvalue weighted by atomic mass is 32.1. The highest BCUT2D eigenvalue weighted by molar-refractivity contribution is 7.81. The van der Waals surface area contributed by atoms with E-state index >= 15 is 0 Å². The molecule has 1 aliphatic heterocycles. The fourth-order valence-corrected chi connectivity index (χ4v) is 1.32. The van der Waals surface area contributed by atoms with Gasteiger partial charge in [0.15, 0.2) is 0 Å². The molecule has 0 bridgehead atoms. The summed E-state index contributed by atoms with van der Waals surface area (Å²) in [5.41, 5.74) is 0. The van der Waals surface area contributed by atoms with Gasteiger partial charge in [-0.3, -0.25) is 4.79 Å². The van der Waals surface area contributed by atoms with Gasteiger partial charge in [0, 0.05) is 18.2 Å². The fourth-order valence-electron chi connectivity index (χ4n) is 1.32. The molecule has 1 heterocycles. The molecular weight excluding hydrogens is 234 g/mol. The van der Waals surface area contributed by atoms with E-state index in [1.165, 1.54) is 6.92 Å². The van der Waals surface area contributed by atoms with E-state index in [2.05, 4.69) is 33.4 Å². The Bertz CT molecular complexity index is 218.